The van der Waals surface area contributed by atoms with E-state index in [4.69, 9.17) is 5.11 Å². The van der Waals surface area contributed by atoms with Gasteiger partial charge in [0.05, 0.1) is 12.6 Å². The lowest BCUT2D eigenvalue weighted by Crippen LogP contribution is -2.38. The minimum absolute atomic E-state index is 0.0415. The summed E-state index contributed by atoms with van der Waals surface area (Å²) in [6.45, 7) is 1.95. The predicted octanol–water partition coefficient (Wildman–Crippen LogP) is 1.26. The first-order chi connectivity index (χ1) is 7.16. The molecule has 2 aliphatic carbocycles. The lowest BCUT2D eigenvalue weighted by atomic mass is 10.0. The number of aliphatic hydroxyl groups excluding tert-OH is 1. The third kappa shape index (κ3) is 1.89. The van der Waals surface area contributed by atoms with Crippen LogP contribution in [0.3, 0.4) is 0 Å². The van der Waals surface area contributed by atoms with E-state index in [9.17, 15) is 4.79 Å². The molecule has 0 spiro atoms. The number of hydrogen-bond donors (Lipinski definition) is 1. The molecule has 3 heteroatoms. The minimum atomic E-state index is -0.0415. The van der Waals surface area contributed by atoms with Gasteiger partial charge in [0.25, 0.3) is 0 Å². The summed E-state index contributed by atoms with van der Waals surface area (Å²) < 4.78 is 0. The normalized spacial score (nSPS) is 35.5. The number of rotatable bonds is 3. The lowest BCUT2D eigenvalue weighted by molar-refractivity contribution is -0.134. The van der Waals surface area contributed by atoms with E-state index in [-0.39, 0.29) is 24.5 Å². The molecule has 3 atom stereocenters. The number of likely N-dealkylation sites (N-methyl/N-ethyl adjacent to an activating group) is 1. The average Bonchev–Trinajstić information content (AvgIpc) is 3.00. The fourth-order valence-electron chi connectivity index (χ4n) is 2.93. The molecule has 3 nitrogen and oxygen atoms in total. The van der Waals surface area contributed by atoms with Gasteiger partial charge in [-0.05, 0) is 31.6 Å². The zero-order valence-electron chi connectivity index (χ0n) is 9.65. The van der Waals surface area contributed by atoms with Crippen LogP contribution in [-0.2, 0) is 4.79 Å². The Morgan fingerprint density at radius 2 is 1.93 bits per heavy atom. The van der Waals surface area contributed by atoms with Gasteiger partial charge in [-0.15, -0.1) is 0 Å². The number of nitrogens with zero attached hydrogens (tertiary/aromatic N) is 1. The zero-order valence-corrected chi connectivity index (χ0v) is 9.65. The Bertz CT molecular complexity index is 242. The van der Waals surface area contributed by atoms with E-state index in [1.165, 1.54) is 25.7 Å². The highest BCUT2D eigenvalue weighted by molar-refractivity contribution is 5.82. The first-order valence-corrected chi connectivity index (χ1v) is 6.04. The van der Waals surface area contributed by atoms with Crippen molar-refractivity contribution in [3.05, 3.63) is 0 Å². The molecule has 1 N–H and O–H groups in total. The summed E-state index contributed by atoms with van der Waals surface area (Å²) in [5.41, 5.74) is 0. The highest BCUT2D eigenvalue weighted by atomic mass is 16.3. The molecule has 2 saturated carbocycles. The number of carbonyl (C=O) groups excluding carboxylic acids is 1. The third-order valence-corrected chi connectivity index (χ3v) is 4.21. The van der Waals surface area contributed by atoms with Crippen molar-refractivity contribution in [1.29, 1.82) is 0 Å². The Kier molecular flexibility index (Phi) is 3.01. The Hall–Kier alpha value is -0.570. The molecule has 15 heavy (non-hydrogen) atoms. The van der Waals surface area contributed by atoms with Gasteiger partial charge in [-0.3, -0.25) is 4.79 Å². The van der Waals surface area contributed by atoms with Crippen molar-refractivity contribution < 1.29 is 9.90 Å². The van der Waals surface area contributed by atoms with Gasteiger partial charge in [0.1, 0.15) is 0 Å². The second-order valence-electron chi connectivity index (χ2n) is 5.12. The summed E-state index contributed by atoms with van der Waals surface area (Å²) in [5, 5.41) is 9.02. The summed E-state index contributed by atoms with van der Waals surface area (Å²) in [6.07, 6.45) is 5.07. The first-order valence-electron chi connectivity index (χ1n) is 6.04. The van der Waals surface area contributed by atoms with Crippen molar-refractivity contribution in [1.82, 2.24) is 4.90 Å². The summed E-state index contributed by atoms with van der Waals surface area (Å²) in [6, 6.07) is -0.0415. The van der Waals surface area contributed by atoms with Crippen LogP contribution in [0.25, 0.3) is 0 Å². The standard InChI is InChI=1S/C12H21NO2/c1-8(7-14)13(2)12(15)11-9-5-3-4-6-10(9)11/h8-11,14H,3-7H2,1-2H3. The zero-order chi connectivity index (χ0) is 11.0. The molecule has 0 bridgehead atoms. The van der Waals surface area contributed by atoms with E-state index in [1.54, 1.807) is 4.90 Å². The van der Waals surface area contributed by atoms with Crippen molar-refractivity contribution in [2.24, 2.45) is 17.8 Å². The smallest absolute Gasteiger partial charge is 0.226 e. The van der Waals surface area contributed by atoms with E-state index < -0.39 is 0 Å². The van der Waals surface area contributed by atoms with Gasteiger partial charge in [-0.1, -0.05) is 12.8 Å². The minimum Gasteiger partial charge on any atom is -0.394 e. The van der Waals surface area contributed by atoms with Crippen molar-refractivity contribution in [2.75, 3.05) is 13.7 Å². The van der Waals surface area contributed by atoms with E-state index in [0.717, 1.165) is 0 Å². The second kappa shape index (κ2) is 4.12. The van der Waals surface area contributed by atoms with Crippen LogP contribution in [0.4, 0.5) is 0 Å². The van der Waals surface area contributed by atoms with Gasteiger partial charge in [-0.25, -0.2) is 0 Å². The predicted molar refractivity (Wildman–Crippen MR) is 58.3 cm³/mol. The van der Waals surface area contributed by atoms with Gasteiger partial charge in [0, 0.05) is 13.0 Å². The molecule has 3 unspecified atom stereocenters. The van der Waals surface area contributed by atoms with Crippen LogP contribution < -0.4 is 0 Å². The highest BCUT2D eigenvalue weighted by Crippen LogP contribution is 2.56. The summed E-state index contributed by atoms with van der Waals surface area (Å²) in [5.74, 6) is 1.87. The molecular weight excluding hydrogens is 190 g/mol. The molecule has 0 aromatic heterocycles. The van der Waals surface area contributed by atoms with E-state index >= 15 is 0 Å². The quantitative estimate of drug-likeness (QED) is 0.763. The van der Waals surface area contributed by atoms with Crippen molar-refractivity contribution >= 4 is 5.91 Å². The Morgan fingerprint density at radius 1 is 1.40 bits per heavy atom. The molecule has 0 aromatic rings. The van der Waals surface area contributed by atoms with Gasteiger partial charge in [-0.2, -0.15) is 0 Å². The molecule has 1 amide bonds. The summed E-state index contributed by atoms with van der Waals surface area (Å²) in [4.78, 5) is 13.8. The SMILES string of the molecule is CC(CO)N(C)C(=O)C1C2CCCCC21. The largest absolute Gasteiger partial charge is 0.394 e. The van der Waals surface area contributed by atoms with E-state index in [0.29, 0.717) is 11.8 Å². The maximum atomic E-state index is 12.1. The molecule has 0 radical (unpaired) electrons. The van der Waals surface area contributed by atoms with Gasteiger partial charge < -0.3 is 10.0 Å². The van der Waals surface area contributed by atoms with Gasteiger partial charge >= 0.3 is 0 Å². The number of carbonyl (C=O) groups is 1. The van der Waals surface area contributed by atoms with Crippen LogP contribution in [0.15, 0.2) is 0 Å². The van der Waals surface area contributed by atoms with Crippen LogP contribution in [-0.4, -0.2) is 35.6 Å². The Labute approximate surface area is 91.5 Å². The maximum Gasteiger partial charge on any atom is 0.226 e. The monoisotopic (exact) mass is 211 g/mol. The Morgan fingerprint density at radius 3 is 2.40 bits per heavy atom. The van der Waals surface area contributed by atoms with Crippen LogP contribution in [0.5, 0.6) is 0 Å². The van der Waals surface area contributed by atoms with Gasteiger partial charge in [0.15, 0.2) is 0 Å². The van der Waals surface area contributed by atoms with Crippen molar-refractivity contribution in [3.63, 3.8) is 0 Å². The van der Waals surface area contributed by atoms with Crippen LogP contribution in [0, 0.1) is 17.8 Å². The molecule has 0 heterocycles. The molecule has 0 saturated heterocycles. The Balaban J connectivity index is 1.92. The van der Waals surface area contributed by atoms with E-state index in [2.05, 4.69) is 0 Å². The second-order valence-corrected chi connectivity index (χ2v) is 5.12. The molecule has 0 aromatic carbocycles. The molecule has 2 fully saturated rings. The molecule has 2 rings (SSSR count). The molecule has 0 aliphatic heterocycles. The van der Waals surface area contributed by atoms with E-state index in [1.807, 2.05) is 14.0 Å². The third-order valence-electron chi connectivity index (χ3n) is 4.21. The first kappa shape index (κ1) is 10.9. The molecule has 2 aliphatic rings. The summed E-state index contributed by atoms with van der Waals surface area (Å²) >= 11 is 0. The number of hydrogen-bond acceptors (Lipinski definition) is 2. The summed E-state index contributed by atoms with van der Waals surface area (Å²) in [7, 11) is 1.81. The fraction of sp³-hybridized carbons (Fsp3) is 0.917. The topological polar surface area (TPSA) is 40.5 Å². The van der Waals surface area contributed by atoms with Gasteiger partial charge in [0.2, 0.25) is 5.91 Å². The fourth-order valence-corrected chi connectivity index (χ4v) is 2.93. The van der Waals surface area contributed by atoms with Crippen molar-refractivity contribution in [2.45, 2.75) is 38.6 Å². The highest BCUT2D eigenvalue weighted by Gasteiger charge is 2.55. The average molecular weight is 211 g/mol. The number of fused-ring (bicyclic) bond motifs is 1. The number of aliphatic hydroxyl groups is 1. The maximum absolute atomic E-state index is 12.1. The number of amides is 1. The molecule has 86 valence electrons. The molecular formula is C12H21NO2. The lowest BCUT2D eigenvalue weighted by Gasteiger charge is -2.23. The van der Waals surface area contributed by atoms with Crippen LogP contribution >= 0.6 is 0 Å². The van der Waals surface area contributed by atoms with Crippen LogP contribution in [0.2, 0.25) is 0 Å². The van der Waals surface area contributed by atoms with Crippen molar-refractivity contribution in [3.8, 4) is 0 Å². The van der Waals surface area contributed by atoms with Crippen LogP contribution in [0.1, 0.15) is 32.6 Å².